The lowest BCUT2D eigenvalue weighted by atomic mass is 9.79. The summed E-state index contributed by atoms with van der Waals surface area (Å²) in [5.41, 5.74) is 10.7. The number of amides is 2. The number of benzene rings is 4. The Kier molecular flexibility index (Phi) is 10.8. The summed E-state index contributed by atoms with van der Waals surface area (Å²) in [6.07, 6.45) is 6.82. The van der Waals surface area contributed by atoms with Gasteiger partial charge < -0.3 is 15.2 Å². The number of ether oxygens (including phenoxy) is 1. The highest BCUT2D eigenvalue weighted by Crippen LogP contribution is 2.56. The highest BCUT2D eigenvalue weighted by atomic mass is 32.2. The highest BCUT2D eigenvalue weighted by Gasteiger charge is 2.47. The van der Waals surface area contributed by atoms with E-state index >= 15 is 0 Å². The standard InChI is InChI=1S/C47H48N2O8S/c1-29-11-9-14-32(44(29)31-12-7-6-8-13-31)19-24-41-47(4,5)39-26-36-35-23-22-34(58(54,55)56)25-37(35)46(2,3)38(36)27-40(39)49(41)45(53)57-28-30-17-20-33(21-18-30)48-42(50)15-10-16-43(51)52/h6-8,12-13,17-27H,9-11,14-16,28H2,1-5H3,(H,48,50)(H,51,52)(H,54,55,56)/b32-19+,41-24+. The molecule has 0 bridgehead atoms. The Morgan fingerprint density at radius 2 is 1.53 bits per heavy atom. The molecule has 0 radical (unpaired) electrons. The lowest BCUT2D eigenvalue weighted by Gasteiger charge is -2.26. The molecule has 0 unspecified atom stereocenters. The van der Waals surface area contributed by atoms with Crippen molar-refractivity contribution in [1.82, 2.24) is 0 Å². The second-order valence-electron chi connectivity index (χ2n) is 16.3. The van der Waals surface area contributed by atoms with Crippen molar-refractivity contribution in [3.8, 4) is 11.1 Å². The fourth-order valence-electron chi connectivity index (χ4n) is 8.59. The highest BCUT2D eigenvalue weighted by molar-refractivity contribution is 7.85. The minimum atomic E-state index is -4.42. The number of anilines is 2. The molecule has 10 nitrogen and oxygen atoms in total. The Labute approximate surface area is 339 Å². The molecule has 58 heavy (non-hydrogen) atoms. The van der Waals surface area contributed by atoms with Crippen LogP contribution < -0.4 is 10.2 Å². The van der Waals surface area contributed by atoms with Crippen LogP contribution in [0.1, 0.15) is 101 Å². The molecule has 11 heteroatoms. The van der Waals surface area contributed by atoms with Crippen molar-refractivity contribution in [3.05, 3.63) is 142 Å². The molecule has 1 heterocycles. The molecule has 4 aromatic carbocycles. The average Bonchev–Trinajstić information content (AvgIpc) is 3.53. The van der Waals surface area contributed by atoms with Crippen LogP contribution in [0.4, 0.5) is 16.2 Å². The molecule has 3 N–H and O–H groups in total. The van der Waals surface area contributed by atoms with E-state index in [1.54, 1.807) is 35.2 Å². The molecule has 2 amide bonds. The molecule has 0 aromatic heterocycles. The molecule has 1 aliphatic heterocycles. The minimum Gasteiger partial charge on any atom is -0.481 e. The Hall–Kier alpha value is -5.78. The van der Waals surface area contributed by atoms with Crippen LogP contribution in [0.3, 0.4) is 0 Å². The van der Waals surface area contributed by atoms with Gasteiger partial charge in [-0.2, -0.15) is 8.42 Å². The topological polar surface area (TPSA) is 150 Å². The Balaban J connectivity index is 1.25. The zero-order valence-corrected chi connectivity index (χ0v) is 34.2. The molecular formula is C47H48N2O8S. The molecule has 0 saturated carbocycles. The molecule has 0 spiro atoms. The fraction of sp³-hybridized carbons (Fsp3) is 0.298. The number of aliphatic carboxylic acids is 1. The molecule has 4 aromatic rings. The maximum atomic E-state index is 14.5. The number of carboxylic acid groups (broad SMARTS) is 1. The number of rotatable bonds is 10. The third-order valence-electron chi connectivity index (χ3n) is 11.7. The minimum absolute atomic E-state index is 0.0350. The van der Waals surface area contributed by atoms with Crippen LogP contribution in [0, 0.1) is 0 Å². The lowest BCUT2D eigenvalue weighted by molar-refractivity contribution is -0.137. The summed E-state index contributed by atoms with van der Waals surface area (Å²) < 4.78 is 40.2. The maximum absolute atomic E-state index is 14.5. The van der Waals surface area contributed by atoms with Crippen molar-refractivity contribution in [2.75, 3.05) is 10.2 Å². The SMILES string of the molecule is CC1=C(c2ccccc2)/C(=C/C=C2/N(C(=O)OCc3ccc(NC(=O)CCCC(=O)O)cc3)c3cc4c(cc3C2(C)C)-c2ccc(S(=O)(=O)O)cc2C4(C)C)CCC1. The summed E-state index contributed by atoms with van der Waals surface area (Å²) in [6, 6.07) is 26.1. The molecule has 0 atom stereocenters. The molecule has 3 aliphatic rings. The van der Waals surface area contributed by atoms with Gasteiger partial charge in [-0.25, -0.2) is 9.69 Å². The average molecular weight is 801 g/mol. The van der Waals surface area contributed by atoms with E-state index in [4.69, 9.17) is 9.84 Å². The van der Waals surface area contributed by atoms with Crippen molar-refractivity contribution >= 4 is 45.0 Å². The first-order chi connectivity index (χ1) is 27.5. The monoisotopic (exact) mass is 800 g/mol. The summed E-state index contributed by atoms with van der Waals surface area (Å²) >= 11 is 0. The summed E-state index contributed by atoms with van der Waals surface area (Å²) in [5, 5.41) is 11.6. The third-order valence-corrected chi connectivity index (χ3v) is 12.5. The molecular weight excluding hydrogens is 753 g/mol. The Morgan fingerprint density at radius 3 is 2.22 bits per heavy atom. The fourth-order valence-corrected chi connectivity index (χ4v) is 9.10. The quantitative estimate of drug-likeness (QED) is 0.134. The van der Waals surface area contributed by atoms with Crippen LogP contribution >= 0.6 is 0 Å². The van der Waals surface area contributed by atoms with Crippen molar-refractivity contribution in [3.63, 3.8) is 0 Å². The van der Waals surface area contributed by atoms with Crippen LogP contribution in [0.5, 0.6) is 0 Å². The molecule has 7 rings (SSSR count). The van der Waals surface area contributed by atoms with Gasteiger partial charge in [-0.3, -0.25) is 14.1 Å². The first-order valence-corrected chi connectivity index (χ1v) is 21.0. The lowest BCUT2D eigenvalue weighted by Crippen LogP contribution is -2.32. The number of carbonyl (C=O) groups is 3. The van der Waals surface area contributed by atoms with E-state index in [0.717, 1.165) is 58.3 Å². The van der Waals surface area contributed by atoms with Gasteiger partial charge in [-0.05, 0) is 125 Å². The molecule has 0 fully saturated rings. The zero-order chi connectivity index (χ0) is 41.6. The first-order valence-electron chi connectivity index (χ1n) is 19.5. The van der Waals surface area contributed by atoms with Gasteiger partial charge in [0.2, 0.25) is 5.91 Å². The van der Waals surface area contributed by atoms with Gasteiger partial charge in [0.25, 0.3) is 10.1 Å². The number of fused-ring (bicyclic) bond motifs is 4. The largest absolute Gasteiger partial charge is 0.481 e. The van der Waals surface area contributed by atoms with Gasteiger partial charge >= 0.3 is 12.1 Å². The smallest absolute Gasteiger partial charge is 0.419 e. The van der Waals surface area contributed by atoms with E-state index in [9.17, 15) is 27.4 Å². The van der Waals surface area contributed by atoms with Crippen molar-refractivity contribution in [1.29, 1.82) is 0 Å². The van der Waals surface area contributed by atoms with E-state index in [0.29, 0.717) is 16.9 Å². The van der Waals surface area contributed by atoms with Crippen LogP contribution in [0.15, 0.2) is 119 Å². The predicted molar refractivity (Wildman–Crippen MR) is 225 cm³/mol. The van der Waals surface area contributed by atoms with Gasteiger partial charge in [0.05, 0.1) is 10.6 Å². The Morgan fingerprint density at radius 1 is 0.828 bits per heavy atom. The third kappa shape index (κ3) is 7.76. The summed E-state index contributed by atoms with van der Waals surface area (Å²) in [6.45, 7) is 10.3. The number of carbonyl (C=O) groups excluding carboxylic acids is 2. The van der Waals surface area contributed by atoms with Crippen LogP contribution in [0.2, 0.25) is 0 Å². The van der Waals surface area contributed by atoms with Crippen molar-refractivity contribution < 1.29 is 37.2 Å². The van der Waals surface area contributed by atoms with E-state index < -0.39 is 33.0 Å². The summed E-state index contributed by atoms with van der Waals surface area (Å²) in [7, 11) is -4.42. The van der Waals surface area contributed by atoms with Gasteiger partial charge in [0, 0.05) is 35.1 Å². The maximum Gasteiger partial charge on any atom is 0.419 e. The van der Waals surface area contributed by atoms with Gasteiger partial charge in [-0.1, -0.05) is 87.9 Å². The van der Waals surface area contributed by atoms with Crippen molar-refractivity contribution in [2.24, 2.45) is 0 Å². The first kappa shape index (κ1) is 40.4. The summed E-state index contributed by atoms with van der Waals surface area (Å²) in [5.74, 6) is -1.23. The molecule has 0 saturated heterocycles. The van der Waals surface area contributed by atoms with Gasteiger partial charge in [0.15, 0.2) is 0 Å². The second-order valence-corrected chi connectivity index (χ2v) is 17.8. The number of carboxylic acids is 1. The normalized spacial score (nSPS) is 17.9. The van der Waals surface area contributed by atoms with E-state index in [1.165, 1.54) is 28.9 Å². The van der Waals surface area contributed by atoms with Crippen LogP contribution in [-0.2, 0) is 41.9 Å². The molecule has 300 valence electrons. The number of allylic oxidation sites excluding steroid dienone is 6. The predicted octanol–water partition coefficient (Wildman–Crippen LogP) is 10.3. The van der Waals surface area contributed by atoms with Crippen LogP contribution in [-0.4, -0.2) is 36.0 Å². The number of nitrogens with one attached hydrogen (secondary N) is 1. The number of hydrogen-bond donors (Lipinski definition) is 3. The second kappa shape index (κ2) is 15.5. The molecule has 2 aliphatic carbocycles. The van der Waals surface area contributed by atoms with Gasteiger partial charge in [-0.15, -0.1) is 0 Å². The van der Waals surface area contributed by atoms with E-state index in [1.807, 2.05) is 38.1 Å². The van der Waals surface area contributed by atoms with E-state index in [-0.39, 0.29) is 36.7 Å². The van der Waals surface area contributed by atoms with E-state index in [2.05, 4.69) is 56.4 Å². The Bertz CT molecular complexity index is 2530. The van der Waals surface area contributed by atoms with Crippen molar-refractivity contribution in [2.45, 2.75) is 95.5 Å². The summed E-state index contributed by atoms with van der Waals surface area (Å²) in [4.78, 5) is 39.1. The van der Waals surface area contributed by atoms with Gasteiger partial charge in [0.1, 0.15) is 6.61 Å². The van der Waals surface area contributed by atoms with Crippen LogP contribution in [0.25, 0.3) is 16.7 Å². The zero-order valence-electron chi connectivity index (χ0n) is 33.4. The number of nitrogens with zero attached hydrogens (tertiary/aromatic N) is 1. The number of hydrogen-bond acceptors (Lipinski definition) is 6.